The van der Waals surface area contributed by atoms with Gasteiger partial charge < -0.3 is 20.9 Å². The van der Waals surface area contributed by atoms with Crippen molar-refractivity contribution in [3.8, 4) is 17.2 Å². The maximum absolute atomic E-state index is 15.9. The zero-order chi connectivity index (χ0) is 25.5. The Balaban J connectivity index is 1.72. The molecule has 2 heterocycles. The predicted molar refractivity (Wildman–Crippen MR) is 137 cm³/mol. The lowest BCUT2D eigenvalue weighted by Gasteiger charge is -2.26. The number of hydrogen-bond donors (Lipinski definition) is 2. The Bertz CT molecular complexity index is 1210. The molecule has 2 aliphatic rings. The maximum atomic E-state index is 15.9. The molecule has 0 bridgehead atoms. The molecule has 1 fully saturated rings. The highest BCUT2D eigenvalue weighted by Crippen LogP contribution is 2.57. The van der Waals surface area contributed by atoms with E-state index in [0.717, 1.165) is 31.4 Å². The van der Waals surface area contributed by atoms with Crippen LogP contribution in [0.4, 0.5) is 15.9 Å². The fourth-order valence-electron chi connectivity index (χ4n) is 5.47. The minimum Gasteiger partial charge on any atom is -0.398 e. The molecule has 1 amide bonds. The zero-order valence-electron chi connectivity index (χ0n) is 20.7. The molecule has 1 saturated carbocycles. The Kier molecular flexibility index (Phi) is 6.69. The lowest BCUT2D eigenvalue weighted by Crippen LogP contribution is -2.31. The van der Waals surface area contributed by atoms with Gasteiger partial charge in [0.15, 0.2) is 0 Å². The van der Waals surface area contributed by atoms with Gasteiger partial charge in [-0.1, -0.05) is 11.6 Å². The first kappa shape index (κ1) is 25.2. The van der Waals surface area contributed by atoms with E-state index in [1.54, 1.807) is 19.2 Å². The molecule has 0 radical (unpaired) electrons. The molecule has 1 aliphatic carbocycles. The molecule has 35 heavy (non-hydrogen) atoms. The summed E-state index contributed by atoms with van der Waals surface area (Å²) in [6.07, 6.45) is 4.52. The van der Waals surface area contributed by atoms with Crippen LogP contribution in [-0.2, 0) is 5.41 Å². The summed E-state index contributed by atoms with van der Waals surface area (Å²) >= 11 is 6.94. The van der Waals surface area contributed by atoms with Crippen molar-refractivity contribution in [2.45, 2.75) is 38.0 Å². The number of nitriles is 1. The summed E-state index contributed by atoms with van der Waals surface area (Å²) in [6.45, 7) is 3.90. The van der Waals surface area contributed by atoms with Crippen LogP contribution < -0.4 is 11.1 Å². The van der Waals surface area contributed by atoms with E-state index in [1.165, 1.54) is 11.1 Å². The van der Waals surface area contributed by atoms with Gasteiger partial charge >= 0.3 is 0 Å². The molecule has 4 rings (SSSR count). The maximum Gasteiger partial charge on any atom is 0.258 e. The molecule has 0 unspecified atom stereocenters. The van der Waals surface area contributed by atoms with E-state index in [2.05, 4.69) is 16.4 Å². The number of carbonyl (C=O) groups is 1. The molecule has 1 aromatic carbocycles. The summed E-state index contributed by atoms with van der Waals surface area (Å²) in [5.41, 5.74) is 6.67. The number of halogens is 2. The van der Waals surface area contributed by atoms with Gasteiger partial charge in [0.25, 0.3) is 5.91 Å². The van der Waals surface area contributed by atoms with Crippen LogP contribution in [0, 0.1) is 22.6 Å². The molecular formula is C26H32ClFN6O. The molecule has 3 N–H and O–H groups in total. The lowest BCUT2D eigenvalue weighted by atomic mass is 9.77. The minimum atomic E-state index is -0.702. The molecule has 1 spiro atoms. The predicted octanol–water partition coefficient (Wildman–Crippen LogP) is 4.52. The summed E-state index contributed by atoms with van der Waals surface area (Å²) in [6, 6.07) is 5.53. The van der Waals surface area contributed by atoms with Crippen LogP contribution in [0.3, 0.4) is 0 Å². The number of rotatable bonds is 6. The second-order valence-electron chi connectivity index (χ2n) is 10.5. The van der Waals surface area contributed by atoms with Crippen molar-refractivity contribution in [1.29, 1.82) is 5.26 Å². The average Bonchev–Trinajstić information content (AvgIpc) is 3.35. The van der Waals surface area contributed by atoms with Gasteiger partial charge in [-0.05, 0) is 65.4 Å². The second-order valence-corrected chi connectivity index (χ2v) is 10.8. The van der Waals surface area contributed by atoms with Crippen molar-refractivity contribution >= 4 is 29.0 Å². The van der Waals surface area contributed by atoms with E-state index in [0.29, 0.717) is 35.9 Å². The number of fused-ring (bicyclic) bond motifs is 2. The van der Waals surface area contributed by atoms with Crippen LogP contribution in [-0.4, -0.2) is 61.5 Å². The van der Waals surface area contributed by atoms with Gasteiger partial charge in [0.05, 0.1) is 22.1 Å². The van der Waals surface area contributed by atoms with Gasteiger partial charge in [0.1, 0.15) is 11.6 Å². The van der Waals surface area contributed by atoms with E-state index in [9.17, 15) is 10.1 Å². The molecule has 9 heteroatoms. The highest BCUT2D eigenvalue weighted by Gasteiger charge is 2.52. The van der Waals surface area contributed by atoms with Crippen LogP contribution in [0.1, 0.15) is 48.5 Å². The number of pyridine rings is 1. The van der Waals surface area contributed by atoms with E-state index in [4.69, 9.17) is 17.3 Å². The number of aromatic nitrogens is 1. The standard InChI is InChI=1S/C26H32ClFN6O/c1-25(14-29)8-9-26(13-25)15-32-23-20(26)21(27)17(12-31-23)16-6-7-18(30)19(22(16)28)24(35)34(4)11-5-10-33(2)3/h6-7,12H,5,8-11,13,15,30H2,1-4H3,(H,31,32)/t25-,26-/m1/s1. The number of nitrogen functional groups attached to an aromatic ring is 1. The highest BCUT2D eigenvalue weighted by atomic mass is 35.5. The first-order valence-electron chi connectivity index (χ1n) is 11.8. The molecule has 1 aromatic heterocycles. The van der Waals surface area contributed by atoms with Gasteiger partial charge in [-0.25, -0.2) is 9.37 Å². The Morgan fingerprint density at radius 2 is 2.03 bits per heavy atom. The van der Waals surface area contributed by atoms with Gasteiger partial charge in [0, 0.05) is 54.1 Å². The van der Waals surface area contributed by atoms with Crippen molar-refractivity contribution in [2.24, 2.45) is 5.41 Å². The molecule has 2 aromatic rings. The molecule has 0 saturated heterocycles. The Labute approximate surface area is 211 Å². The van der Waals surface area contributed by atoms with E-state index in [1.807, 2.05) is 25.9 Å². The van der Waals surface area contributed by atoms with Gasteiger partial charge in [-0.3, -0.25) is 4.79 Å². The number of nitrogens with one attached hydrogen (secondary N) is 1. The third-order valence-electron chi connectivity index (χ3n) is 7.42. The molecule has 7 nitrogen and oxygen atoms in total. The van der Waals surface area contributed by atoms with Crippen LogP contribution in [0.2, 0.25) is 5.02 Å². The van der Waals surface area contributed by atoms with Crippen LogP contribution in [0.5, 0.6) is 0 Å². The number of anilines is 2. The van der Waals surface area contributed by atoms with Crippen LogP contribution in [0.15, 0.2) is 18.3 Å². The summed E-state index contributed by atoms with van der Waals surface area (Å²) < 4.78 is 15.9. The third kappa shape index (κ3) is 4.43. The van der Waals surface area contributed by atoms with E-state index < -0.39 is 17.1 Å². The van der Waals surface area contributed by atoms with E-state index in [-0.39, 0.29) is 22.2 Å². The normalized spacial score (nSPS) is 22.8. The molecule has 186 valence electrons. The SMILES string of the molecule is CN(C)CCCN(C)C(=O)c1c(N)ccc(-c2cnc3c(c2Cl)[C@@]2(CC[C@@](C)(C#N)C2)CN3)c1F. The summed E-state index contributed by atoms with van der Waals surface area (Å²) in [5, 5.41) is 13.4. The van der Waals surface area contributed by atoms with Gasteiger partial charge in [-0.15, -0.1) is 0 Å². The monoisotopic (exact) mass is 498 g/mol. The summed E-state index contributed by atoms with van der Waals surface area (Å²) in [5.74, 6) is -0.496. The van der Waals surface area contributed by atoms with Crippen molar-refractivity contribution in [1.82, 2.24) is 14.8 Å². The van der Waals surface area contributed by atoms with Crippen molar-refractivity contribution in [2.75, 3.05) is 51.8 Å². The number of nitrogens with zero attached hydrogens (tertiary/aromatic N) is 4. The van der Waals surface area contributed by atoms with Crippen molar-refractivity contribution < 1.29 is 9.18 Å². The second kappa shape index (κ2) is 9.29. The average molecular weight is 499 g/mol. The van der Waals surface area contributed by atoms with Gasteiger partial charge in [-0.2, -0.15) is 5.26 Å². The Hall–Kier alpha value is -2.89. The Morgan fingerprint density at radius 1 is 1.29 bits per heavy atom. The molecule has 2 atom stereocenters. The highest BCUT2D eigenvalue weighted by molar-refractivity contribution is 6.34. The molecular weight excluding hydrogens is 467 g/mol. The largest absolute Gasteiger partial charge is 0.398 e. The number of hydrogen-bond acceptors (Lipinski definition) is 6. The van der Waals surface area contributed by atoms with Crippen LogP contribution >= 0.6 is 11.6 Å². The van der Waals surface area contributed by atoms with Crippen molar-refractivity contribution in [3.63, 3.8) is 0 Å². The number of carbonyl (C=O) groups excluding carboxylic acids is 1. The smallest absolute Gasteiger partial charge is 0.258 e. The first-order valence-corrected chi connectivity index (χ1v) is 12.2. The zero-order valence-corrected chi connectivity index (χ0v) is 21.5. The van der Waals surface area contributed by atoms with Gasteiger partial charge in [0.2, 0.25) is 0 Å². The fraction of sp³-hybridized carbons (Fsp3) is 0.500. The van der Waals surface area contributed by atoms with Crippen molar-refractivity contribution in [3.05, 3.63) is 40.3 Å². The Morgan fingerprint density at radius 3 is 2.69 bits per heavy atom. The third-order valence-corrected chi connectivity index (χ3v) is 7.81. The summed E-state index contributed by atoms with van der Waals surface area (Å²) in [7, 11) is 5.57. The number of nitrogens with two attached hydrogens (primary N) is 1. The fourth-order valence-corrected chi connectivity index (χ4v) is 5.91. The number of benzene rings is 1. The quantitative estimate of drug-likeness (QED) is 0.568. The lowest BCUT2D eigenvalue weighted by molar-refractivity contribution is 0.0787. The van der Waals surface area contributed by atoms with Crippen LogP contribution in [0.25, 0.3) is 11.1 Å². The first-order chi connectivity index (χ1) is 16.5. The minimum absolute atomic E-state index is 0.0830. The topological polar surface area (TPSA) is 98.3 Å². The molecule has 1 aliphatic heterocycles. The van der Waals surface area contributed by atoms with E-state index >= 15 is 4.39 Å². The number of amides is 1. The summed E-state index contributed by atoms with van der Waals surface area (Å²) in [4.78, 5) is 21.2.